The summed E-state index contributed by atoms with van der Waals surface area (Å²) in [5, 5.41) is 6.46. The summed E-state index contributed by atoms with van der Waals surface area (Å²) >= 11 is 1.38. The lowest BCUT2D eigenvalue weighted by Gasteiger charge is -2.29. The van der Waals surface area contributed by atoms with Gasteiger partial charge in [-0.25, -0.2) is 15.0 Å². The van der Waals surface area contributed by atoms with Crippen molar-refractivity contribution in [2.45, 2.75) is 38.5 Å². The molecule has 0 atom stereocenters. The number of rotatable bonds is 4. The molecule has 0 unspecified atom stereocenters. The molecule has 1 saturated heterocycles. The first-order chi connectivity index (χ1) is 13.1. The molecule has 140 valence electrons. The van der Waals surface area contributed by atoms with Crippen molar-refractivity contribution in [3.8, 4) is 10.8 Å². The van der Waals surface area contributed by atoms with Crippen molar-refractivity contribution in [2.24, 2.45) is 0 Å². The van der Waals surface area contributed by atoms with Crippen LogP contribution in [0.2, 0.25) is 0 Å². The predicted molar refractivity (Wildman–Crippen MR) is 99.4 cm³/mol. The SMILES string of the molecule is CC(C)c1noc(C2CCN(C(=O)c3csc(-c4ncccn4)n3)CC2)n1. The van der Waals surface area contributed by atoms with E-state index in [0.29, 0.717) is 35.5 Å². The first kappa shape index (κ1) is 17.7. The summed E-state index contributed by atoms with van der Waals surface area (Å²) in [5.41, 5.74) is 0.445. The lowest BCUT2D eigenvalue weighted by molar-refractivity contribution is 0.0699. The van der Waals surface area contributed by atoms with Crippen LogP contribution in [0.15, 0.2) is 28.4 Å². The van der Waals surface area contributed by atoms with Crippen LogP contribution >= 0.6 is 11.3 Å². The van der Waals surface area contributed by atoms with Crippen LogP contribution in [0.4, 0.5) is 0 Å². The molecule has 3 aromatic heterocycles. The Balaban J connectivity index is 1.39. The van der Waals surface area contributed by atoms with Crippen LogP contribution in [0.25, 0.3) is 10.8 Å². The molecule has 0 N–H and O–H groups in total. The van der Waals surface area contributed by atoms with Gasteiger partial charge in [0.25, 0.3) is 5.91 Å². The topological polar surface area (TPSA) is 97.9 Å². The number of aromatic nitrogens is 5. The molecule has 0 aromatic carbocycles. The van der Waals surface area contributed by atoms with E-state index >= 15 is 0 Å². The van der Waals surface area contributed by atoms with Crippen molar-refractivity contribution in [3.05, 3.63) is 41.2 Å². The normalized spacial score (nSPS) is 15.4. The molecular formula is C18H20N6O2S. The van der Waals surface area contributed by atoms with Crippen LogP contribution < -0.4 is 0 Å². The van der Waals surface area contributed by atoms with Gasteiger partial charge in [0.05, 0.1) is 0 Å². The molecule has 8 nitrogen and oxygen atoms in total. The van der Waals surface area contributed by atoms with Gasteiger partial charge in [-0.15, -0.1) is 11.3 Å². The Morgan fingerprint density at radius 3 is 2.63 bits per heavy atom. The van der Waals surface area contributed by atoms with Crippen molar-refractivity contribution >= 4 is 17.2 Å². The molecule has 1 aliphatic heterocycles. The minimum absolute atomic E-state index is 0.0553. The maximum absolute atomic E-state index is 12.8. The highest BCUT2D eigenvalue weighted by Crippen LogP contribution is 2.29. The van der Waals surface area contributed by atoms with E-state index in [2.05, 4.69) is 25.1 Å². The van der Waals surface area contributed by atoms with E-state index in [4.69, 9.17) is 4.52 Å². The average Bonchev–Trinajstić information content (AvgIpc) is 3.38. The van der Waals surface area contributed by atoms with Crippen molar-refractivity contribution in [2.75, 3.05) is 13.1 Å². The number of thiazole rings is 1. The molecule has 1 amide bonds. The summed E-state index contributed by atoms with van der Waals surface area (Å²) < 4.78 is 5.41. The van der Waals surface area contributed by atoms with E-state index in [-0.39, 0.29) is 17.7 Å². The van der Waals surface area contributed by atoms with Gasteiger partial charge in [0.2, 0.25) is 5.89 Å². The van der Waals surface area contributed by atoms with Gasteiger partial charge in [0, 0.05) is 42.7 Å². The van der Waals surface area contributed by atoms with Gasteiger partial charge in [-0.2, -0.15) is 4.98 Å². The molecule has 0 bridgehead atoms. The van der Waals surface area contributed by atoms with Crippen LogP contribution in [0.1, 0.15) is 60.7 Å². The molecule has 4 heterocycles. The summed E-state index contributed by atoms with van der Waals surface area (Å²) in [4.78, 5) is 31.9. The Morgan fingerprint density at radius 1 is 1.22 bits per heavy atom. The standard InChI is InChI=1S/C18H20N6O2S/c1-11(2)14-22-16(26-23-14)12-4-8-24(9-5-12)18(25)13-10-27-17(21-13)15-19-6-3-7-20-15/h3,6-7,10-12H,4-5,8-9H2,1-2H3. The Bertz CT molecular complexity index is 915. The summed E-state index contributed by atoms with van der Waals surface area (Å²) in [6.07, 6.45) is 4.95. The van der Waals surface area contributed by atoms with Gasteiger partial charge >= 0.3 is 0 Å². The van der Waals surface area contributed by atoms with Gasteiger partial charge in [0.1, 0.15) is 5.69 Å². The molecule has 9 heteroatoms. The largest absolute Gasteiger partial charge is 0.339 e. The van der Waals surface area contributed by atoms with E-state index in [1.165, 1.54) is 11.3 Å². The minimum Gasteiger partial charge on any atom is -0.339 e. The average molecular weight is 384 g/mol. The number of nitrogens with zero attached hydrogens (tertiary/aromatic N) is 6. The molecule has 0 aliphatic carbocycles. The van der Waals surface area contributed by atoms with Crippen LogP contribution in [0.3, 0.4) is 0 Å². The van der Waals surface area contributed by atoms with Crippen molar-refractivity contribution in [3.63, 3.8) is 0 Å². The van der Waals surface area contributed by atoms with Crippen molar-refractivity contribution in [1.82, 2.24) is 30.0 Å². The van der Waals surface area contributed by atoms with Crippen LogP contribution in [-0.2, 0) is 0 Å². The summed E-state index contributed by atoms with van der Waals surface area (Å²) in [6, 6.07) is 1.75. The van der Waals surface area contributed by atoms with Crippen molar-refractivity contribution < 1.29 is 9.32 Å². The fourth-order valence-corrected chi connectivity index (χ4v) is 3.76. The lowest BCUT2D eigenvalue weighted by Crippen LogP contribution is -2.38. The van der Waals surface area contributed by atoms with Crippen LogP contribution in [0, 0.1) is 0 Å². The highest BCUT2D eigenvalue weighted by molar-refractivity contribution is 7.13. The summed E-state index contributed by atoms with van der Waals surface area (Å²) in [5.74, 6) is 2.36. The van der Waals surface area contributed by atoms with E-state index in [1.54, 1.807) is 23.8 Å². The van der Waals surface area contributed by atoms with Gasteiger partial charge in [-0.1, -0.05) is 19.0 Å². The lowest BCUT2D eigenvalue weighted by atomic mass is 9.96. The highest BCUT2D eigenvalue weighted by atomic mass is 32.1. The molecule has 27 heavy (non-hydrogen) atoms. The second-order valence-electron chi connectivity index (χ2n) is 6.82. The molecule has 1 fully saturated rings. The monoisotopic (exact) mass is 384 g/mol. The minimum atomic E-state index is -0.0553. The Labute approximate surface area is 160 Å². The Morgan fingerprint density at radius 2 is 1.96 bits per heavy atom. The number of hydrogen-bond acceptors (Lipinski definition) is 8. The van der Waals surface area contributed by atoms with Gasteiger partial charge in [0.15, 0.2) is 16.7 Å². The first-order valence-electron chi connectivity index (χ1n) is 8.97. The number of hydrogen-bond donors (Lipinski definition) is 0. The molecule has 4 rings (SSSR count). The maximum atomic E-state index is 12.8. The quantitative estimate of drug-likeness (QED) is 0.681. The third-order valence-corrected chi connectivity index (χ3v) is 5.42. The van der Waals surface area contributed by atoms with Crippen molar-refractivity contribution in [1.29, 1.82) is 0 Å². The van der Waals surface area contributed by atoms with E-state index < -0.39 is 0 Å². The zero-order valence-electron chi connectivity index (χ0n) is 15.2. The second kappa shape index (κ2) is 7.51. The molecule has 0 saturated carbocycles. The molecule has 1 aliphatic rings. The predicted octanol–water partition coefficient (Wildman–Crippen LogP) is 3.13. The number of likely N-dealkylation sites (tertiary alicyclic amines) is 1. The molecule has 0 radical (unpaired) electrons. The fourth-order valence-electron chi connectivity index (χ4n) is 3.02. The van der Waals surface area contributed by atoms with Crippen LogP contribution in [0.5, 0.6) is 0 Å². The first-order valence-corrected chi connectivity index (χ1v) is 9.85. The highest BCUT2D eigenvalue weighted by Gasteiger charge is 2.29. The zero-order chi connectivity index (χ0) is 18.8. The second-order valence-corrected chi connectivity index (χ2v) is 7.68. The molecule has 3 aromatic rings. The van der Waals surface area contributed by atoms with E-state index in [1.807, 2.05) is 18.7 Å². The molecular weight excluding hydrogens is 364 g/mol. The Hall–Kier alpha value is -2.68. The number of amides is 1. The summed E-state index contributed by atoms with van der Waals surface area (Å²) in [6.45, 7) is 5.38. The smallest absolute Gasteiger partial charge is 0.273 e. The number of carbonyl (C=O) groups is 1. The van der Waals surface area contributed by atoms with E-state index in [0.717, 1.165) is 18.7 Å². The Kier molecular flexibility index (Phi) is 4.93. The number of carbonyl (C=O) groups excluding carboxylic acids is 1. The van der Waals surface area contributed by atoms with Gasteiger partial charge in [-0.3, -0.25) is 4.79 Å². The van der Waals surface area contributed by atoms with E-state index in [9.17, 15) is 4.79 Å². The fraction of sp³-hybridized carbons (Fsp3) is 0.444. The maximum Gasteiger partial charge on any atom is 0.273 e. The van der Waals surface area contributed by atoms with Gasteiger partial charge < -0.3 is 9.42 Å². The summed E-state index contributed by atoms with van der Waals surface area (Å²) in [7, 11) is 0. The third kappa shape index (κ3) is 3.73. The van der Waals surface area contributed by atoms with Crippen LogP contribution in [-0.4, -0.2) is 49.0 Å². The zero-order valence-corrected chi connectivity index (χ0v) is 16.0. The van der Waals surface area contributed by atoms with Gasteiger partial charge in [-0.05, 0) is 18.9 Å². The molecule has 0 spiro atoms. The third-order valence-electron chi connectivity index (χ3n) is 4.59. The number of piperidine rings is 1.